The molecule has 0 saturated carbocycles. The van der Waals surface area contributed by atoms with Crippen molar-refractivity contribution in [3.05, 3.63) is 49.7 Å². The molecule has 8 nitrogen and oxygen atoms in total. The van der Waals surface area contributed by atoms with E-state index in [-0.39, 0.29) is 23.9 Å². The average molecular weight is 402 g/mol. The number of ether oxygens (including phenoxy) is 4. The predicted molar refractivity (Wildman–Crippen MR) is 102 cm³/mol. The number of fused-ring (bicyclic) bond motifs is 2. The zero-order valence-corrected chi connectivity index (χ0v) is 16.2. The maximum absolute atomic E-state index is 11.9. The minimum Gasteiger partial charge on any atom is -0.486 e. The molecule has 0 amide bonds. The fourth-order valence-corrected chi connectivity index (χ4v) is 4.67. The highest BCUT2D eigenvalue weighted by molar-refractivity contribution is 7.12. The van der Waals surface area contributed by atoms with Crippen LogP contribution in [-0.2, 0) is 4.74 Å². The second-order valence-corrected chi connectivity index (χ2v) is 8.52. The molecule has 0 unspecified atom stereocenters. The van der Waals surface area contributed by atoms with Crippen LogP contribution in [0.15, 0.2) is 28.6 Å². The first kappa shape index (κ1) is 17.3. The van der Waals surface area contributed by atoms with Crippen LogP contribution in [0.2, 0.25) is 0 Å². The van der Waals surface area contributed by atoms with Gasteiger partial charge in [0.15, 0.2) is 18.1 Å². The fraction of sp³-hybridized carbons (Fsp3) is 0.421. The van der Waals surface area contributed by atoms with Gasteiger partial charge in [0.05, 0.1) is 16.3 Å². The molecule has 9 heteroatoms. The Labute approximate surface area is 164 Å². The molecule has 1 aromatic carbocycles. The molecule has 0 saturated heterocycles. The maximum Gasteiger partial charge on any atom is 0.257 e. The van der Waals surface area contributed by atoms with Gasteiger partial charge in [0.2, 0.25) is 12.7 Å². The zero-order chi connectivity index (χ0) is 19.5. The Balaban J connectivity index is 1.65. The molecule has 3 aliphatic heterocycles. The monoisotopic (exact) mass is 402 g/mol. The molecule has 0 fully saturated rings. The van der Waals surface area contributed by atoms with E-state index >= 15 is 0 Å². The highest BCUT2D eigenvalue weighted by Crippen LogP contribution is 2.47. The van der Waals surface area contributed by atoms with Crippen molar-refractivity contribution in [3.63, 3.8) is 0 Å². The lowest BCUT2D eigenvalue weighted by Gasteiger charge is -2.29. The van der Waals surface area contributed by atoms with Gasteiger partial charge in [0.1, 0.15) is 12.4 Å². The molecule has 2 aromatic rings. The Bertz CT molecular complexity index is 998. The Morgan fingerprint density at radius 1 is 1.14 bits per heavy atom. The van der Waals surface area contributed by atoms with Crippen LogP contribution in [0.5, 0.6) is 17.2 Å². The Morgan fingerprint density at radius 3 is 2.64 bits per heavy atom. The van der Waals surface area contributed by atoms with Crippen LogP contribution in [0, 0.1) is 10.1 Å². The minimum absolute atomic E-state index is 0.0155. The summed E-state index contributed by atoms with van der Waals surface area (Å²) in [5.41, 5.74) is 1.24. The second kappa shape index (κ2) is 6.10. The first-order chi connectivity index (χ1) is 13.4. The predicted octanol–water partition coefficient (Wildman–Crippen LogP) is 3.20. The number of nitrogens with zero attached hydrogens (tertiary/aromatic N) is 2. The fourth-order valence-electron chi connectivity index (χ4n) is 3.78. The summed E-state index contributed by atoms with van der Waals surface area (Å²) in [6.45, 7) is 4.60. The summed E-state index contributed by atoms with van der Waals surface area (Å²) in [5.74, 6) is 1.80. The number of aliphatic imine (C=N–C) groups is 1. The largest absolute Gasteiger partial charge is 0.486 e. The van der Waals surface area contributed by atoms with Crippen molar-refractivity contribution in [1.29, 1.82) is 0 Å². The van der Waals surface area contributed by atoms with Crippen molar-refractivity contribution >= 4 is 17.2 Å². The van der Waals surface area contributed by atoms with Gasteiger partial charge in [-0.15, -0.1) is 11.3 Å². The molecular formula is C19H18N2O6S. The Kier molecular flexibility index (Phi) is 3.77. The van der Waals surface area contributed by atoms with E-state index in [1.54, 1.807) is 12.1 Å². The number of hydrogen-bond donors (Lipinski definition) is 0. The van der Waals surface area contributed by atoms with Gasteiger partial charge in [-0.1, -0.05) is 0 Å². The van der Waals surface area contributed by atoms with Crippen LogP contribution < -0.4 is 14.2 Å². The highest BCUT2D eigenvalue weighted by atomic mass is 32.1. The van der Waals surface area contributed by atoms with E-state index in [1.165, 1.54) is 11.3 Å². The number of nitro groups is 1. The highest BCUT2D eigenvalue weighted by Gasteiger charge is 2.44. The van der Waals surface area contributed by atoms with E-state index < -0.39 is 12.0 Å². The zero-order valence-electron chi connectivity index (χ0n) is 15.3. The van der Waals surface area contributed by atoms with Gasteiger partial charge in [-0.05, 0) is 36.9 Å². The van der Waals surface area contributed by atoms with Gasteiger partial charge < -0.3 is 18.9 Å². The van der Waals surface area contributed by atoms with E-state index in [0.29, 0.717) is 29.8 Å². The van der Waals surface area contributed by atoms with E-state index in [9.17, 15) is 10.1 Å². The van der Waals surface area contributed by atoms with E-state index in [4.69, 9.17) is 18.9 Å². The van der Waals surface area contributed by atoms with Gasteiger partial charge in [-0.3, -0.25) is 10.1 Å². The molecule has 0 N–H and O–H groups in total. The van der Waals surface area contributed by atoms with Crippen molar-refractivity contribution in [2.24, 2.45) is 4.99 Å². The summed E-state index contributed by atoms with van der Waals surface area (Å²) in [6, 6.07) is 4.54. The van der Waals surface area contributed by atoms with Gasteiger partial charge in [-0.25, -0.2) is 4.99 Å². The lowest BCUT2D eigenvalue weighted by Crippen LogP contribution is -2.38. The first-order valence-electron chi connectivity index (χ1n) is 8.93. The number of hydrogen-bond acceptors (Lipinski definition) is 8. The molecule has 3 aliphatic rings. The summed E-state index contributed by atoms with van der Waals surface area (Å²) in [7, 11) is 0. The normalized spacial score (nSPS) is 24.1. The smallest absolute Gasteiger partial charge is 0.257 e. The summed E-state index contributed by atoms with van der Waals surface area (Å²) in [5, 5.41) is 13.8. The minimum atomic E-state index is -0.920. The number of rotatable bonds is 3. The third-order valence-corrected chi connectivity index (χ3v) is 6.01. The number of benzene rings is 1. The molecular weight excluding hydrogens is 384 g/mol. The lowest BCUT2D eigenvalue weighted by atomic mass is 9.83. The second-order valence-electron chi connectivity index (χ2n) is 7.61. The molecule has 0 radical (unpaired) electrons. The molecule has 1 aromatic heterocycles. The SMILES string of the molecule is CC1(C)COC(c2sccc2[C@@H]2c3cc4c(cc3OC[C@H]2[N+](=O)[O-])OCO4)=N1. The average Bonchev–Trinajstić information content (AvgIpc) is 3.37. The van der Waals surface area contributed by atoms with Crippen molar-refractivity contribution in [3.8, 4) is 17.2 Å². The molecule has 5 rings (SSSR count). The van der Waals surface area contributed by atoms with Crippen molar-refractivity contribution < 1.29 is 23.9 Å². The lowest BCUT2D eigenvalue weighted by molar-refractivity contribution is -0.528. The molecule has 0 spiro atoms. The Morgan fingerprint density at radius 2 is 1.93 bits per heavy atom. The van der Waals surface area contributed by atoms with Crippen molar-refractivity contribution in [1.82, 2.24) is 0 Å². The van der Waals surface area contributed by atoms with Crippen LogP contribution in [0.25, 0.3) is 0 Å². The van der Waals surface area contributed by atoms with E-state index in [0.717, 1.165) is 16.0 Å². The quantitative estimate of drug-likeness (QED) is 0.578. The summed E-state index contributed by atoms with van der Waals surface area (Å²) in [4.78, 5) is 17.1. The van der Waals surface area contributed by atoms with E-state index in [2.05, 4.69) is 4.99 Å². The van der Waals surface area contributed by atoms with Gasteiger partial charge >= 0.3 is 0 Å². The van der Waals surface area contributed by atoms with Crippen LogP contribution >= 0.6 is 11.3 Å². The van der Waals surface area contributed by atoms with Gasteiger partial charge in [0.25, 0.3) is 6.04 Å². The molecule has 28 heavy (non-hydrogen) atoms. The summed E-state index contributed by atoms with van der Waals surface area (Å²) in [6.07, 6.45) is 0. The van der Waals surface area contributed by atoms with Crippen LogP contribution in [0.3, 0.4) is 0 Å². The standard InChI is InChI=1S/C19H18N2O6S/c1-19(2)8-25-18(20-19)17-10(3-4-28-17)16-11-5-14-15(27-9-26-14)6-13(11)24-7-12(16)21(22)23/h3-6,12,16H,7-9H2,1-2H3/t12-,16-/m1/s1. The van der Waals surface area contributed by atoms with Crippen molar-refractivity contribution in [2.45, 2.75) is 31.3 Å². The molecule has 2 atom stereocenters. The molecule has 0 aliphatic carbocycles. The Hall–Kier alpha value is -2.81. The third kappa shape index (κ3) is 2.69. The summed E-state index contributed by atoms with van der Waals surface area (Å²) >= 11 is 1.48. The van der Waals surface area contributed by atoms with Gasteiger partial charge in [0, 0.05) is 16.6 Å². The topological polar surface area (TPSA) is 92.4 Å². The maximum atomic E-state index is 11.9. The first-order valence-corrected chi connectivity index (χ1v) is 9.81. The third-order valence-electron chi connectivity index (χ3n) is 5.10. The molecule has 4 heterocycles. The van der Waals surface area contributed by atoms with Crippen LogP contribution in [-0.4, -0.2) is 42.4 Å². The van der Waals surface area contributed by atoms with Crippen molar-refractivity contribution in [2.75, 3.05) is 20.0 Å². The van der Waals surface area contributed by atoms with Crippen LogP contribution in [0.4, 0.5) is 0 Å². The molecule has 0 bridgehead atoms. The number of thiophene rings is 1. The van der Waals surface area contributed by atoms with E-state index in [1.807, 2.05) is 25.3 Å². The van der Waals surface area contributed by atoms with Crippen LogP contribution in [0.1, 0.15) is 35.8 Å². The summed E-state index contributed by atoms with van der Waals surface area (Å²) < 4.78 is 22.4. The van der Waals surface area contributed by atoms with Gasteiger partial charge in [-0.2, -0.15) is 0 Å². The molecule has 146 valence electrons.